The second-order valence-electron chi connectivity index (χ2n) is 4.50. The third-order valence-corrected chi connectivity index (χ3v) is 3.94. The van der Waals surface area contributed by atoms with E-state index in [1.807, 2.05) is 6.92 Å². The molecule has 114 valence electrons. The Bertz CT molecular complexity index is 754. The highest BCUT2D eigenvalue weighted by atomic mass is 79.9. The summed E-state index contributed by atoms with van der Waals surface area (Å²) < 4.78 is 14.3. The highest BCUT2D eigenvalue weighted by molar-refractivity contribution is 9.10. The van der Waals surface area contributed by atoms with E-state index in [0.717, 1.165) is 5.56 Å². The minimum absolute atomic E-state index is 0.00270. The van der Waals surface area contributed by atoms with Gasteiger partial charge >= 0.3 is 0 Å². The van der Waals surface area contributed by atoms with Gasteiger partial charge in [-0.25, -0.2) is 4.39 Å². The Labute approximate surface area is 146 Å². The lowest BCUT2D eigenvalue weighted by molar-refractivity contribution is 0.0977. The van der Waals surface area contributed by atoms with E-state index >= 15 is 0 Å². The van der Waals surface area contributed by atoms with Crippen molar-refractivity contribution in [2.24, 2.45) is 0 Å². The van der Waals surface area contributed by atoms with Gasteiger partial charge in [0.25, 0.3) is 5.91 Å². The Morgan fingerprint density at radius 3 is 2.64 bits per heavy atom. The molecule has 0 aliphatic carbocycles. The zero-order valence-electron chi connectivity index (χ0n) is 11.4. The maximum Gasteiger partial charge on any atom is 0.257 e. The van der Waals surface area contributed by atoms with E-state index in [9.17, 15) is 9.18 Å². The summed E-state index contributed by atoms with van der Waals surface area (Å²) in [7, 11) is 0. The Hall–Kier alpha value is -1.50. The van der Waals surface area contributed by atoms with Crippen LogP contribution in [-0.4, -0.2) is 11.0 Å². The van der Waals surface area contributed by atoms with Gasteiger partial charge in [-0.3, -0.25) is 10.1 Å². The minimum atomic E-state index is -0.482. The van der Waals surface area contributed by atoms with Gasteiger partial charge in [0.2, 0.25) is 0 Å². The average Bonchev–Trinajstić information content (AvgIpc) is 2.45. The van der Waals surface area contributed by atoms with E-state index in [1.165, 1.54) is 12.1 Å². The Morgan fingerprint density at radius 2 is 2.00 bits per heavy atom. The van der Waals surface area contributed by atoms with E-state index in [0.29, 0.717) is 15.1 Å². The molecule has 0 aliphatic rings. The fourth-order valence-electron chi connectivity index (χ4n) is 1.65. The lowest BCUT2D eigenvalue weighted by atomic mass is 10.1. The van der Waals surface area contributed by atoms with Gasteiger partial charge in [0.15, 0.2) is 5.11 Å². The van der Waals surface area contributed by atoms with Crippen LogP contribution in [0.2, 0.25) is 5.02 Å². The average molecular weight is 402 g/mol. The van der Waals surface area contributed by atoms with Gasteiger partial charge in [-0.05, 0) is 55.0 Å². The first kappa shape index (κ1) is 16.9. The zero-order chi connectivity index (χ0) is 16.3. The summed E-state index contributed by atoms with van der Waals surface area (Å²) in [6, 6.07) is 9.40. The summed E-state index contributed by atoms with van der Waals surface area (Å²) in [5.74, 6) is -0.902. The number of nitrogens with one attached hydrogen (secondary N) is 2. The molecule has 0 spiro atoms. The second kappa shape index (κ2) is 7.17. The molecule has 0 unspecified atom stereocenters. The number of amides is 1. The Balaban J connectivity index is 2.05. The summed E-state index contributed by atoms with van der Waals surface area (Å²) in [5.41, 5.74) is 1.42. The van der Waals surface area contributed by atoms with Crippen LogP contribution in [0.3, 0.4) is 0 Å². The molecule has 0 radical (unpaired) electrons. The van der Waals surface area contributed by atoms with Crippen LogP contribution in [0.15, 0.2) is 40.9 Å². The molecular weight excluding hydrogens is 391 g/mol. The number of hydrogen-bond donors (Lipinski definition) is 2. The van der Waals surface area contributed by atoms with Crippen molar-refractivity contribution in [1.29, 1.82) is 0 Å². The fraction of sp³-hybridized carbons (Fsp3) is 0.0667. The fourth-order valence-corrected chi connectivity index (χ4v) is 2.37. The topological polar surface area (TPSA) is 41.1 Å². The smallest absolute Gasteiger partial charge is 0.257 e. The first-order valence-electron chi connectivity index (χ1n) is 6.20. The molecule has 2 aromatic carbocycles. The highest BCUT2D eigenvalue weighted by Crippen LogP contribution is 2.19. The SMILES string of the molecule is Cc1ccc(C(=O)NC(=S)Nc2ccc(Br)cc2F)cc1Cl. The van der Waals surface area contributed by atoms with Crippen LogP contribution in [0, 0.1) is 12.7 Å². The van der Waals surface area contributed by atoms with Crippen LogP contribution < -0.4 is 10.6 Å². The van der Waals surface area contributed by atoms with Crippen LogP contribution in [0.4, 0.5) is 10.1 Å². The summed E-state index contributed by atoms with van der Waals surface area (Å²) in [4.78, 5) is 12.0. The molecule has 2 N–H and O–H groups in total. The van der Waals surface area contributed by atoms with Crippen molar-refractivity contribution in [1.82, 2.24) is 5.32 Å². The minimum Gasteiger partial charge on any atom is -0.330 e. The van der Waals surface area contributed by atoms with Gasteiger partial charge in [0, 0.05) is 15.1 Å². The van der Waals surface area contributed by atoms with Crippen molar-refractivity contribution in [2.75, 3.05) is 5.32 Å². The van der Waals surface area contributed by atoms with Gasteiger partial charge in [-0.1, -0.05) is 33.6 Å². The quantitative estimate of drug-likeness (QED) is 0.718. The molecule has 2 rings (SSSR count). The van der Waals surface area contributed by atoms with Gasteiger partial charge in [-0.2, -0.15) is 0 Å². The first-order chi connectivity index (χ1) is 10.4. The van der Waals surface area contributed by atoms with E-state index in [1.54, 1.807) is 24.3 Å². The standard InChI is InChI=1S/C15H11BrClFN2OS/c1-8-2-3-9(6-11(8)17)14(21)20-15(22)19-13-5-4-10(16)7-12(13)18/h2-7H,1H3,(H2,19,20,21,22). The van der Waals surface area contributed by atoms with Crippen molar-refractivity contribution < 1.29 is 9.18 Å². The molecule has 0 bridgehead atoms. The van der Waals surface area contributed by atoms with E-state index < -0.39 is 11.7 Å². The van der Waals surface area contributed by atoms with E-state index in [4.69, 9.17) is 23.8 Å². The number of aryl methyl sites for hydroxylation is 1. The van der Waals surface area contributed by atoms with Crippen LogP contribution >= 0.6 is 39.7 Å². The molecule has 0 saturated carbocycles. The highest BCUT2D eigenvalue weighted by Gasteiger charge is 2.11. The van der Waals surface area contributed by atoms with Crippen LogP contribution in [0.5, 0.6) is 0 Å². The Morgan fingerprint density at radius 1 is 1.27 bits per heavy atom. The lowest BCUT2D eigenvalue weighted by Crippen LogP contribution is -2.34. The van der Waals surface area contributed by atoms with Gasteiger partial charge in [0.1, 0.15) is 5.82 Å². The molecule has 0 fully saturated rings. The second-order valence-corrected chi connectivity index (χ2v) is 6.23. The summed E-state index contributed by atoms with van der Waals surface area (Å²) >= 11 is 14.1. The maximum absolute atomic E-state index is 13.7. The summed E-state index contributed by atoms with van der Waals surface area (Å²) in [5, 5.41) is 5.61. The first-order valence-corrected chi connectivity index (χ1v) is 7.78. The van der Waals surface area contributed by atoms with Crippen LogP contribution in [0.25, 0.3) is 0 Å². The van der Waals surface area contributed by atoms with Crippen molar-refractivity contribution in [2.45, 2.75) is 6.92 Å². The monoisotopic (exact) mass is 400 g/mol. The predicted molar refractivity (Wildman–Crippen MR) is 94.0 cm³/mol. The number of hydrogen-bond acceptors (Lipinski definition) is 2. The number of rotatable bonds is 2. The van der Waals surface area contributed by atoms with Gasteiger partial charge in [0.05, 0.1) is 5.69 Å². The number of benzene rings is 2. The number of halogens is 3. The third-order valence-electron chi connectivity index (χ3n) is 2.84. The molecule has 22 heavy (non-hydrogen) atoms. The normalized spacial score (nSPS) is 10.2. The lowest BCUT2D eigenvalue weighted by Gasteiger charge is -2.11. The van der Waals surface area contributed by atoms with E-state index in [-0.39, 0.29) is 10.8 Å². The molecule has 0 aromatic heterocycles. The molecule has 0 atom stereocenters. The third kappa shape index (κ3) is 4.25. The molecule has 0 saturated heterocycles. The van der Waals surface area contributed by atoms with Crippen molar-refractivity contribution in [3.63, 3.8) is 0 Å². The molecule has 2 aromatic rings. The number of anilines is 1. The van der Waals surface area contributed by atoms with Crippen LogP contribution in [0.1, 0.15) is 15.9 Å². The number of carbonyl (C=O) groups excluding carboxylic acids is 1. The summed E-state index contributed by atoms with van der Waals surface area (Å²) in [6.45, 7) is 1.84. The molecule has 7 heteroatoms. The number of thiocarbonyl (C=S) groups is 1. The molecule has 0 aliphatic heterocycles. The molecule has 1 amide bonds. The number of carbonyl (C=O) groups is 1. The van der Waals surface area contributed by atoms with E-state index in [2.05, 4.69) is 26.6 Å². The van der Waals surface area contributed by atoms with Gasteiger partial charge < -0.3 is 5.32 Å². The van der Waals surface area contributed by atoms with Crippen LogP contribution in [-0.2, 0) is 0 Å². The van der Waals surface area contributed by atoms with Crippen molar-refractivity contribution in [3.8, 4) is 0 Å². The molecule has 0 heterocycles. The van der Waals surface area contributed by atoms with Gasteiger partial charge in [-0.15, -0.1) is 0 Å². The largest absolute Gasteiger partial charge is 0.330 e. The molecular formula is C15H11BrClFN2OS. The molecule has 3 nitrogen and oxygen atoms in total. The van der Waals surface area contributed by atoms with Crippen molar-refractivity contribution >= 4 is 56.5 Å². The predicted octanol–water partition coefficient (Wildman–Crippen LogP) is 4.68. The summed E-state index contributed by atoms with van der Waals surface area (Å²) in [6.07, 6.45) is 0. The zero-order valence-corrected chi connectivity index (χ0v) is 14.6. The maximum atomic E-state index is 13.7. The van der Waals surface area contributed by atoms with Crippen molar-refractivity contribution in [3.05, 3.63) is 62.8 Å². The Kier molecular flexibility index (Phi) is 5.50.